The van der Waals surface area contributed by atoms with Gasteiger partial charge in [-0.3, -0.25) is 9.59 Å². The highest BCUT2D eigenvalue weighted by Crippen LogP contribution is 2.21. The Morgan fingerprint density at radius 3 is 2.61 bits per heavy atom. The maximum atomic E-state index is 12.2. The number of hydrogen-bond acceptors (Lipinski definition) is 5. The quantitative estimate of drug-likeness (QED) is 0.467. The van der Waals surface area contributed by atoms with Gasteiger partial charge in [0.1, 0.15) is 5.75 Å². The second-order valence-electron chi connectivity index (χ2n) is 5.24. The number of carboxylic acid groups (broad SMARTS) is 1. The lowest BCUT2D eigenvalue weighted by atomic mass is 10.2. The normalized spacial score (nSPS) is 10.6. The molecule has 0 heterocycles. The molecule has 2 N–H and O–H groups in total. The van der Waals surface area contributed by atoms with Crippen LogP contribution in [-0.4, -0.2) is 41.6 Å². The van der Waals surface area contributed by atoms with Gasteiger partial charge in [-0.25, -0.2) is 0 Å². The fourth-order valence-electron chi connectivity index (χ4n) is 1.58. The van der Waals surface area contributed by atoms with Crippen molar-refractivity contribution in [3.8, 4) is 5.75 Å². The Morgan fingerprint density at radius 2 is 1.91 bits per heavy atom. The van der Waals surface area contributed by atoms with E-state index in [2.05, 4.69) is 19.2 Å². The minimum Gasteiger partial charge on any atom is -0.492 e. The average molecular weight is 357 g/mol. The van der Waals surface area contributed by atoms with Gasteiger partial charge in [0, 0.05) is 18.1 Å². The van der Waals surface area contributed by atoms with Gasteiger partial charge in [-0.15, -0.1) is 0 Å². The number of aliphatic carboxylic acids is 1. The van der Waals surface area contributed by atoms with Crippen molar-refractivity contribution in [3.05, 3.63) is 29.8 Å². The van der Waals surface area contributed by atoms with Crippen LogP contribution in [0.15, 0.2) is 24.3 Å². The van der Waals surface area contributed by atoms with Crippen LogP contribution in [-0.2, 0) is 4.79 Å². The van der Waals surface area contributed by atoms with Gasteiger partial charge < -0.3 is 15.2 Å². The Kier molecular flexibility index (Phi) is 9.63. The van der Waals surface area contributed by atoms with E-state index in [-0.39, 0.29) is 12.3 Å². The third-order valence-electron chi connectivity index (χ3n) is 2.66. The van der Waals surface area contributed by atoms with Crippen LogP contribution >= 0.6 is 21.6 Å². The molecule has 1 aromatic rings. The largest absolute Gasteiger partial charge is 0.492 e. The molecule has 1 rings (SSSR count). The molecular weight excluding hydrogens is 334 g/mol. The molecule has 0 saturated heterocycles. The zero-order valence-electron chi connectivity index (χ0n) is 13.4. The number of carbonyl (C=O) groups excluding carboxylic acids is 1. The lowest BCUT2D eigenvalue weighted by Crippen LogP contribution is -2.26. The van der Waals surface area contributed by atoms with E-state index in [0.717, 1.165) is 5.75 Å². The van der Waals surface area contributed by atoms with Crippen LogP contribution in [0.2, 0.25) is 0 Å². The van der Waals surface area contributed by atoms with Gasteiger partial charge in [0.2, 0.25) is 0 Å². The maximum absolute atomic E-state index is 12.2. The number of carbonyl (C=O) groups is 2. The Hall–Kier alpha value is -1.34. The van der Waals surface area contributed by atoms with Gasteiger partial charge in [0.05, 0.1) is 18.6 Å². The van der Waals surface area contributed by atoms with Crippen LogP contribution in [0.1, 0.15) is 30.6 Å². The van der Waals surface area contributed by atoms with E-state index in [1.54, 1.807) is 22.9 Å². The first-order chi connectivity index (χ1) is 11.0. The number of benzene rings is 1. The third kappa shape index (κ3) is 8.76. The Bertz CT molecular complexity index is 509. The molecule has 0 unspecified atom stereocenters. The van der Waals surface area contributed by atoms with Crippen molar-refractivity contribution < 1.29 is 19.4 Å². The fourth-order valence-corrected chi connectivity index (χ4v) is 3.47. The fraction of sp³-hybridized carbons (Fsp3) is 0.500. The van der Waals surface area contributed by atoms with E-state index >= 15 is 0 Å². The van der Waals surface area contributed by atoms with Crippen molar-refractivity contribution in [2.75, 3.05) is 24.7 Å². The van der Waals surface area contributed by atoms with Gasteiger partial charge in [0.15, 0.2) is 0 Å². The molecule has 1 amide bonds. The molecule has 0 aliphatic rings. The van der Waals surface area contributed by atoms with Crippen LogP contribution in [0.5, 0.6) is 5.75 Å². The molecule has 128 valence electrons. The minimum atomic E-state index is -0.788. The van der Waals surface area contributed by atoms with Gasteiger partial charge in [-0.05, 0) is 18.1 Å². The highest BCUT2D eigenvalue weighted by molar-refractivity contribution is 8.76. The number of rotatable bonds is 11. The number of amides is 1. The summed E-state index contributed by atoms with van der Waals surface area (Å²) in [6, 6.07) is 7.21. The number of para-hydroxylation sites is 1. The first-order valence-corrected chi connectivity index (χ1v) is 9.95. The molecule has 0 aliphatic heterocycles. The second kappa shape index (κ2) is 11.2. The highest BCUT2D eigenvalue weighted by atomic mass is 33.1. The summed E-state index contributed by atoms with van der Waals surface area (Å²) < 4.78 is 5.68. The highest BCUT2D eigenvalue weighted by Gasteiger charge is 2.11. The number of ether oxygens (including phenoxy) is 1. The molecule has 0 aliphatic carbocycles. The number of hydrogen-bond donors (Lipinski definition) is 2. The summed E-state index contributed by atoms with van der Waals surface area (Å²) in [7, 11) is 3.06. The van der Waals surface area contributed by atoms with Crippen LogP contribution < -0.4 is 10.1 Å². The second-order valence-corrected chi connectivity index (χ2v) is 7.95. The molecule has 0 atom stereocenters. The van der Waals surface area contributed by atoms with E-state index in [9.17, 15) is 9.59 Å². The average Bonchev–Trinajstić information content (AvgIpc) is 2.51. The number of carboxylic acids is 1. The van der Waals surface area contributed by atoms with Crippen LogP contribution in [0.3, 0.4) is 0 Å². The van der Waals surface area contributed by atoms with Gasteiger partial charge in [-0.2, -0.15) is 0 Å². The molecule has 5 nitrogen and oxygen atoms in total. The van der Waals surface area contributed by atoms with Crippen LogP contribution in [0.4, 0.5) is 0 Å². The van der Waals surface area contributed by atoms with Gasteiger partial charge in [-0.1, -0.05) is 47.6 Å². The van der Waals surface area contributed by atoms with Crippen LogP contribution in [0, 0.1) is 5.92 Å². The van der Waals surface area contributed by atoms with E-state index in [1.807, 2.05) is 12.1 Å². The van der Waals surface area contributed by atoms with Crippen molar-refractivity contribution >= 4 is 33.5 Å². The van der Waals surface area contributed by atoms with Crippen molar-refractivity contribution in [1.82, 2.24) is 5.32 Å². The monoisotopic (exact) mass is 357 g/mol. The van der Waals surface area contributed by atoms with E-state index in [1.165, 1.54) is 10.8 Å². The lowest BCUT2D eigenvalue weighted by molar-refractivity contribution is -0.136. The molecule has 1 aromatic carbocycles. The summed E-state index contributed by atoms with van der Waals surface area (Å²) in [4.78, 5) is 22.6. The topological polar surface area (TPSA) is 75.6 Å². The molecular formula is C16H23NO4S2. The molecule has 7 heteroatoms. The number of nitrogens with one attached hydrogen (secondary N) is 1. The zero-order chi connectivity index (χ0) is 17.1. The van der Waals surface area contributed by atoms with E-state index in [0.29, 0.717) is 36.1 Å². The molecule has 0 spiro atoms. The zero-order valence-corrected chi connectivity index (χ0v) is 15.0. The predicted octanol–water partition coefficient (Wildman–Crippen LogP) is 3.31. The van der Waals surface area contributed by atoms with Crippen molar-refractivity contribution in [3.63, 3.8) is 0 Å². The van der Waals surface area contributed by atoms with E-state index < -0.39 is 5.97 Å². The molecule has 0 bridgehead atoms. The Morgan fingerprint density at radius 1 is 1.22 bits per heavy atom. The predicted molar refractivity (Wildman–Crippen MR) is 96.3 cm³/mol. The summed E-state index contributed by atoms with van der Waals surface area (Å²) in [5.41, 5.74) is 0.539. The minimum absolute atomic E-state index is 0.152. The first kappa shape index (κ1) is 19.7. The molecule has 0 aromatic heterocycles. The maximum Gasteiger partial charge on any atom is 0.304 e. The van der Waals surface area contributed by atoms with Crippen molar-refractivity contribution in [1.29, 1.82) is 0 Å². The van der Waals surface area contributed by atoms with Gasteiger partial charge in [0.25, 0.3) is 5.91 Å². The summed E-state index contributed by atoms with van der Waals surface area (Å²) in [5.74, 6) is 1.35. The molecule has 0 radical (unpaired) electrons. The Labute approximate surface area is 145 Å². The summed E-state index contributed by atoms with van der Waals surface area (Å²) in [6.07, 6.45) is 0.157. The lowest BCUT2D eigenvalue weighted by Gasteiger charge is -2.13. The summed E-state index contributed by atoms with van der Waals surface area (Å²) in [5, 5.41) is 11.4. The molecule has 0 fully saturated rings. The standard InChI is InChI=1S/C16H23NO4S2/c1-12(2)11-21-14-6-4-3-5-13(14)16(20)17-8-10-23-22-9-7-15(18)19/h3-6,12H,7-11H2,1-2H3,(H,17,20)(H,18,19). The molecule has 23 heavy (non-hydrogen) atoms. The first-order valence-electron chi connectivity index (χ1n) is 7.47. The van der Waals surface area contributed by atoms with Crippen molar-refractivity contribution in [2.24, 2.45) is 5.92 Å². The van der Waals surface area contributed by atoms with Crippen LogP contribution in [0.25, 0.3) is 0 Å². The summed E-state index contributed by atoms with van der Waals surface area (Å²) in [6.45, 7) is 5.21. The Balaban J connectivity index is 2.33. The summed E-state index contributed by atoms with van der Waals surface area (Å²) >= 11 is 0. The van der Waals surface area contributed by atoms with E-state index in [4.69, 9.17) is 9.84 Å². The smallest absolute Gasteiger partial charge is 0.304 e. The van der Waals surface area contributed by atoms with Crippen molar-refractivity contribution in [2.45, 2.75) is 20.3 Å². The van der Waals surface area contributed by atoms with Gasteiger partial charge >= 0.3 is 5.97 Å². The molecule has 0 saturated carbocycles. The SMILES string of the molecule is CC(C)COc1ccccc1C(=O)NCCSSCCC(=O)O. The third-order valence-corrected chi connectivity index (χ3v) is 5.07.